The summed E-state index contributed by atoms with van der Waals surface area (Å²) in [4.78, 5) is 23.4. The molecular formula is C7H13N3O2. The minimum Gasteiger partial charge on any atom is -0.353 e. The van der Waals surface area contributed by atoms with E-state index in [0.717, 1.165) is 0 Å². The van der Waals surface area contributed by atoms with E-state index in [4.69, 9.17) is 5.73 Å². The molecule has 68 valence electrons. The summed E-state index contributed by atoms with van der Waals surface area (Å²) >= 11 is 0. The van der Waals surface area contributed by atoms with Crippen molar-refractivity contribution in [3.05, 3.63) is 0 Å². The first-order valence-electron chi connectivity index (χ1n) is 4.00. The number of primary amides is 1. The fourth-order valence-electron chi connectivity index (χ4n) is 1.38. The van der Waals surface area contributed by atoms with Gasteiger partial charge in [0.05, 0.1) is 0 Å². The number of carbonyl (C=O) groups is 2. The average Bonchev–Trinajstić information content (AvgIpc) is 2.03. The van der Waals surface area contributed by atoms with Crippen molar-refractivity contribution in [2.45, 2.75) is 19.4 Å². The Kier molecular flexibility index (Phi) is 2.52. The fourth-order valence-corrected chi connectivity index (χ4v) is 1.38. The highest BCUT2D eigenvalue weighted by molar-refractivity contribution is 5.87. The van der Waals surface area contributed by atoms with E-state index in [9.17, 15) is 9.59 Å². The quantitative estimate of drug-likeness (QED) is 0.546. The zero-order valence-electron chi connectivity index (χ0n) is 7.04. The molecule has 0 aromatic heterocycles. The smallest absolute Gasteiger partial charge is 0.315 e. The zero-order chi connectivity index (χ0) is 9.14. The molecule has 5 nitrogen and oxygen atoms in total. The molecule has 0 aromatic rings. The molecule has 1 fully saturated rings. The zero-order valence-corrected chi connectivity index (χ0v) is 7.04. The van der Waals surface area contributed by atoms with Gasteiger partial charge in [0.1, 0.15) is 6.04 Å². The van der Waals surface area contributed by atoms with Gasteiger partial charge in [-0.25, -0.2) is 4.79 Å². The van der Waals surface area contributed by atoms with Crippen molar-refractivity contribution in [1.82, 2.24) is 10.2 Å². The maximum atomic E-state index is 11.2. The van der Waals surface area contributed by atoms with Gasteiger partial charge >= 0.3 is 6.03 Å². The van der Waals surface area contributed by atoms with Crippen molar-refractivity contribution in [2.75, 3.05) is 13.1 Å². The summed E-state index contributed by atoms with van der Waals surface area (Å²) in [5.74, 6) is -0.109. The van der Waals surface area contributed by atoms with E-state index < -0.39 is 6.03 Å². The van der Waals surface area contributed by atoms with Crippen LogP contribution in [0.2, 0.25) is 0 Å². The van der Waals surface area contributed by atoms with Gasteiger partial charge in [0.25, 0.3) is 0 Å². The highest BCUT2D eigenvalue weighted by Crippen LogP contribution is 2.07. The van der Waals surface area contributed by atoms with Crippen molar-refractivity contribution in [3.8, 4) is 0 Å². The molecule has 0 aromatic carbocycles. The molecule has 0 unspecified atom stereocenters. The van der Waals surface area contributed by atoms with Crippen molar-refractivity contribution in [2.24, 2.45) is 5.73 Å². The minimum atomic E-state index is -0.517. The molecule has 1 saturated heterocycles. The molecule has 1 atom stereocenters. The van der Waals surface area contributed by atoms with Crippen LogP contribution in [0.25, 0.3) is 0 Å². The number of nitrogens with one attached hydrogen (secondary N) is 1. The number of hydrogen-bond acceptors (Lipinski definition) is 2. The fraction of sp³-hybridized carbons (Fsp3) is 0.714. The Morgan fingerprint density at radius 3 is 2.92 bits per heavy atom. The van der Waals surface area contributed by atoms with Gasteiger partial charge in [-0.05, 0) is 6.42 Å². The van der Waals surface area contributed by atoms with Gasteiger partial charge in [0.15, 0.2) is 0 Å². The lowest BCUT2D eigenvalue weighted by Gasteiger charge is -2.32. The predicted molar refractivity (Wildman–Crippen MR) is 43.4 cm³/mol. The van der Waals surface area contributed by atoms with E-state index in [1.807, 2.05) is 6.92 Å². The normalized spacial score (nSPS) is 23.6. The molecule has 1 rings (SSSR count). The third-order valence-corrected chi connectivity index (χ3v) is 2.00. The Morgan fingerprint density at radius 2 is 2.50 bits per heavy atom. The van der Waals surface area contributed by atoms with Crippen LogP contribution in [0.5, 0.6) is 0 Å². The SMILES string of the molecule is CC[C@@H]1C(=O)NCCN1C(N)=O. The van der Waals surface area contributed by atoms with Gasteiger partial charge in [-0.3, -0.25) is 4.79 Å². The molecule has 0 bridgehead atoms. The van der Waals surface area contributed by atoms with Gasteiger partial charge in [-0.1, -0.05) is 6.92 Å². The van der Waals surface area contributed by atoms with Crippen LogP contribution in [-0.4, -0.2) is 36.0 Å². The first kappa shape index (κ1) is 8.83. The number of carbonyl (C=O) groups excluding carboxylic acids is 2. The van der Waals surface area contributed by atoms with Crippen molar-refractivity contribution in [1.29, 1.82) is 0 Å². The molecule has 0 saturated carbocycles. The highest BCUT2D eigenvalue weighted by Gasteiger charge is 2.29. The summed E-state index contributed by atoms with van der Waals surface area (Å²) in [5, 5.41) is 2.68. The Morgan fingerprint density at radius 1 is 1.83 bits per heavy atom. The summed E-state index contributed by atoms with van der Waals surface area (Å²) in [5.41, 5.74) is 5.10. The number of amides is 3. The van der Waals surface area contributed by atoms with Gasteiger partial charge in [0.2, 0.25) is 5.91 Å². The number of urea groups is 1. The first-order valence-corrected chi connectivity index (χ1v) is 4.00. The van der Waals surface area contributed by atoms with Crippen molar-refractivity contribution < 1.29 is 9.59 Å². The van der Waals surface area contributed by atoms with E-state index in [2.05, 4.69) is 5.32 Å². The molecule has 5 heteroatoms. The Bertz CT molecular complexity index is 205. The second kappa shape index (κ2) is 3.42. The topological polar surface area (TPSA) is 75.4 Å². The third-order valence-electron chi connectivity index (χ3n) is 2.00. The van der Waals surface area contributed by atoms with Crippen LogP contribution in [0.15, 0.2) is 0 Å². The Labute approximate surface area is 70.9 Å². The van der Waals surface area contributed by atoms with Gasteiger partial charge in [-0.2, -0.15) is 0 Å². The molecule has 0 radical (unpaired) electrons. The van der Waals surface area contributed by atoms with E-state index >= 15 is 0 Å². The summed E-state index contributed by atoms with van der Waals surface area (Å²) in [6, 6.07) is -0.895. The summed E-state index contributed by atoms with van der Waals surface area (Å²) in [6.45, 7) is 2.86. The lowest BCUT2D eigenvalue weighted by atomic mass is 10.1. The molecule has 12 heavy (non-hydrogen) atoms. The summed E-state index contributed by atoms with van der Waals surface area (Å²) in [7, 11) is 0. The monoisotopic (exact) mass is 171 g/mol. The van der Waals surface area contributed by atoms with Gasteiger partial charge in [-0.15, -0.1) is 0 Å². The molecule has 0 aliphatic carbocycles. The Hall–Kier alpha value is -1.26. The molecule has 3 amide bonds. The number of nitrogens with two attached hydrogens (primary N) is 1. The maximum absolute atomic E-state index is 11.2. The van der Waals surface area contributed by atoms with Crippen LogP contribution in [0.1, 0.15) is 13.3 Å². The van der Waals surface area contributed by atoms with Gasteiger partial charge < -0.3 is 16.0 Å². The molecule has 0 spiro atoms. The number of hydrogen-bond donors (Lipinski definition) is 2. The number of piperazine rings is 1. The standard InChI is InChI=1S/C7H13N3O2/c1-2-5-6(11)9-3-4-10(5)7(8)12/h5H,2-4H2,1H3,(H2,8,12)(H,9,11)/t5-/m1/s1. The van der Waals surface area contributed by atoms with E-state index in [-0.39, 0.29) is 11.9 Å². The first-order chi connectivity index (χ1) is 5.66. The second-order valence-electron chi connectivity index (χ2n) is 2.75. The van der Waals surface area contributed by atoms with E-state index in [0.29, 0.717) is 19.5 Å². The lowest BCUT2D eigenvalue weighted by Crippen LogP contribution is -2.58. The maximum Gasteiger partial charge on any atom is 0.315 e. The molecule has 3 N–H and O–H groups in total. The van der Waals surface area contributed by atoms with Crippen LogP contribution in [-0.2, 0) is 4.79 Å². The van der Waals surface area contributed by atoms with Gasteiger partial charge in [0, 0.05) is 13.1 Å². The summed E-state index contributed by atoms with van der Waals surface area (Å²) < 4.78 is 0. The van der Waals surface area contributed by atoms with E-state index in [1.165, 1.54) is 4.90 Å². The van der Waals surface area contributed by atoms with Crippen LogP contribution < -0.4 is 11.1 Å². The predicted octanol–water partition coefficient (Wildman–Crippen LogP) is -0.724. The van der Waals surface area contributed by atoms with Crippen LogP contribution >= 0.6 is 0 Å². The molecule has 1 aliphatic rings. The number of rotatable bonds is 1. The van der Waals surface area contributed by atoms with Crippen LogP contribution in [0.4, 0.5) is 4.79 Å². The molecule has 1 heterocycles. The second-order valence-corrected chi connectivity index (χ2v) is 2.75. The Balaban J connectivity index is 2.70. The van der Waals surface area contributed by atoms with E-state index in [1.54, 1.807) is 0 Å². The molecule has 1 aliphatic heterocycles. The minimum absolute atomic E-state index is 0.109. The average molecular weight is 171 g/mol. The van der Waals surface area contributed by atoms with Crippen LogP contribution in [0.3, 0.4) is 0 Å². The van der Waals surface area contributed by atoms with Crippen LogP contribution in [0, 0.1) is 0 Å². The lowest BCUT2D eigenvalue weighted by molar-refractivity contribution is -0.127. The highest BCUT2D eigenvalue weighted by atomic mass is 16.2. The van der Waals surface area contributed by atoms with Crippen molar-refractivity contribution in [3.63, 3.8) is 0 Å². The molecular weight excluding hydrogens is 158 g/mol. The largest absolute Gasteiger partial charge is 0.353 e. The third kappa shape index (κ3) is 1.49. The summed E-state index contributed by atoms with van der Waals surface area (Å²) in [6.07, 6.45) is 0.606. The van der Waals surface area contributed by atoms with Crippen molar-refractivity contribution >= 4 is 11.9 Å². The number of nitrogens with zero attached hydrogens (tertiary/aromatic N) is 1.